The van der Waals surface area contributed by atoms with Gasteiger partial charge in [-0.05, 0) is 68.3 Å². The van der Waals surface area contributed by atoms with Crippen LogP contribution in [0.4, 0.5) is 0 Å². The number of imidazole rings is 2. The fourth-order valence-electron chi connectivity index (χ4n) is 5.95. The SMILES string of the molecule is Cc1ccc(Cc2nc(-c3c(C)nc4ccccn34)cs2)cc1.Cc1nc2ccccn2c1-c1csc(Cc2ccc3c(c2)OCO3)n1. The third-order valence-corrected chi connectivity index (χ3v) is 9.96. The molecule has 0 spiro atoms. The molecule has 0 saturated carbocycles. The lowest BCUT2D eigenvalue weighted by Crippen LogP contribution is -1.93. The van der Waals surface area contributed by atoms with Crippen molar-refractivity contribution in [3.63, 3.8) is 0 Å². The average Bonchev–Trinajstić information content (AvgIpc) is 3.93. The fraction of sp³-hybridized carbons (Fsp3) is 0.158. The first-order valence-corrected chi connectivity index (χ1v) is 17.5. The van der Waals surface area contributed by atoms with Crippen molar-refractivity contribution in [3.8, 4) is 34.3 Å². The van der Waals surface area contributed by atoms with Gasteiger partial charge in [0.15, 0.2) is 11.5 Å². The maximum Gasteiger partial charge on any atom is 0.231 e. The van der Waals surface area contributed by atoms with E-state index in [-0.39, 0.29) is 0 Å². The first kappa shape index (κ1) is 30.0. The number of aromatic nitrogens is 6. The molecule has 7 heterocycles. The highest BCUT2D eigenvalue weighted by atomic mass is 32.1. The smallest absolute Gasteiger partial charge is 0.231 e. The number of benzene rings is 2. The Morgan fingerprint density at radius 3 is 1.75 bits per heavy atom. The van der Waals surface area contributed by atoms with Crippen molar-refractivity contribution < 1.29 is 9.47 Å². The van der Waals surface area contributed by atoms with Gasteiger partial charge in [-0.25, -0.2) is 19.9 Å². The molecule has 0 unspecified atom stereocenters. The van der Waals surface area contributed by atoms with Gasteiger partial charge in [-0.2, -0.15) is 0 Å². The molecule has 1 aliphatic heterocycles. The Labute approximate surface area is 286 Å². The zero-order valence-electron chi connectivity index (χ0n) is 26.8. The van der Waals surface area contributed by atoms with Crippen molar-refractivity contribution >= 4 is 34.0 Å². The van der Waals surface area contributed by atoms with E-state index in [1.807, 2.05) is 74.8 Å². The fourth-order valence-corrected chi connectivity index (χ4v) is 7.58. The van der Waals surface area contributed by atoms with Crippen LogP contribution in [0.25, 0.3) is 34.1 Å². The van der Waals surface area contributed by atoms with E-state index >= 15 is 0 Å². The summed E-state index contributed by atoms with van der Waals surface area (Å²) in [5.41, 5.74) is 11.8. The Bertz CT molecular complexity index is 2380. The molecule has 0 N–H and O–H groups in total. The molecule has 48 heavy (non-hydrogen) atoms. The van der Waals surface area contributed by atoms with Crippen molar-refractivity contribution in [1.82, 2.24) is 28.7 Å². The van der Waals surface area contributed by atoms with Crippen molar-refractivity contribution in [2.24, 2.45) is 0 Å². The van der Waals surface area contributed by atoms with Crippen LogP contribution in [-0.2, 0) is 12.8 Å². The van der Waals surface area contributed by atoms with Crippen LogP contribution in [0.15, 0.2) is 102 Å². The number of hydrogen-bond acceptors (Lipinski definition) is 8. The van der Waals surface area contributed by atoms with Crippen molar-refractivity contribution in [1.29, 1.82) is 0 Å². The zero-order chi connectivity index (χ0) is 32.6. The van der Waals surface area contributed by atoms with Crippen LogP contribution in [0.1, 0.15) is 38.1 Å². The lowest BCUT2D eigenvalue weighted by molar-refractivity contribution is 0.174. The number of aryl methyl sites for hydroxylation is 3. The molecule has 9 rings (SSSR count). The van der Waals surface area contributed by atoms with E-state index in [2.05, 4.69) is 66.8 Å². The van der Waals surface area contributed by atoms with E-state index in [1.54, 1.807) is 22.7 Å². The van der Waals surface area contributed by atoms with Crippen LogP contribution < -0.4 is 9.47 Å². The molecule has 0 saturated heterocycles. The van der Waals surface area contributed by atoms with Gasteiger partial charge in [0.05, 0.1) is 32.8 Å². The van der Waals surface area contributed by atoms with E-state index < -0.39 is 0 Å². The van der Waals surface area contributed by atoms with Crippen molar-refractivity contribution in [2.75, 3.05) is 6.79 Å². The lowest BCUT2D eigenvalue weighted by Gasteiger charge is -2.01. The Kier molecular flexibility index (Phi) is 7.95. The quantitative estimate of drug-likeness (QED) is 0.176. The minimum Gasteiger partial charge on any atom is -0.454 e. The first-order valence-electron chi connectivity index (χ1n) is 15.7. The first-order chi connectivity index (χ1) is 23.5. The molecule has 0 bridgehead atoms. The third-order valence-electron chi connectivity index (χ3n) is 8.27. The monoisotopic (exact) mass is 668 g/mol. The van der Waals surface area contributed by atoms with Gasteiger partial charge < -0.3 is 9.47 Å². The highest BCUT2D eigenvalue weighted by Gasteiger charge is 2.17. The topological polar surface area (TPSA) is 78.8 Å². The second kappa shape index (κ2) is 12.7. The molecule has 0 amide bonds. The summed E-state index contributed by atoms with van der Waals surface area (Å²) in [6.07, 6.45) is 5.73. The second-order valence-electron chi connectivity index (χ2n) is 11.7. The summed E-state index contributed by atoms with van der Waals surface area (Å²) in [5.74, 6) is 1.62. The Morgan fingerprint density at radius 2 is 1.15 bits per heavy atom. The van der Waals surface area contributed by atoms with Crippen LogP contribution >= 0.6 is 22.7 Å². The van der Waals surface area contributed by atoms with Gasteiger partial charge in [0, 0.05) is 36.0 Å². The Hall–Kier alpha value is -5.32. The van der Waals surface area contributed by atoms with Gasteiger partial charge in [0.25, 0.3) is 0 Å². The molecule has 6 aromatic heterocycles. The van der Waals surface area contributed by atoms with Crippen molar-refractivity contribution in [3.05, 3.63) is 140 Å². The molecule has 8 aromatic rings. The molecule has 238 valence electrons. The summed E-state index contributed by atoms with van der Waals surface area (Å²) < 4.78 is 15.0. The zero-order valence-corrected chi connectivity index (χ0v) is 28.4. The number of thiazole rings is 2. The van der Waals surface area contributed by atoms with Gasteiger partial charge >= 0.3 is 0 Å². The van der Waals surface area contributed by atoms with Crippen LogP contribution in [-0.4, -0.2) is 35.5 Å². The summed E-state index contributed by atoms with van der Waals surface area (Å²) in [4.78, 5) is 18.9. The van der Waals surface area contributed by atoms with Gasteiger partial charge in [0.2, 0.25) is 6.79 Å². The molecule has 0 aliphatic carbocycles. The largest absolute Gasteiger partial charge is 0.454 e. The lowest BCUT2D eigenvalue weighted by atomic mass is 10.1. The van der Waals surface area contributed by atoms with Gasteiger partial charge in [-0.15, -0.1) is 22.7 Å². The van der Waals surface area contributed by atoms with Gasteiger partial charge in [-0.1, -0.05) is 48.0 Å². The second-order valence-corrected chi connectivity index (χ2v) is 13.6. The third kappa shape index (κ3) is 5.96. The molecule has 8 nitrogen and oxygen atoms in total. The molecule has 0 atom stereocenters. The Balaban J connectivity index is 0.000000141. The van der Waals surface area contributed by atoms with Crippen LogP contribution in [0.2, 0.25) is 0 Å². The molecule has 2 aromatic carbocycles. The summed E-state index contributed by atoms with van der Waals surface area (Å²) in [5, 5.41) is 6.44. The maximum absolute atomic E-state index is 5.45. The minimum atomic E-state index is 0.299. The Morgan fingerprint density at radius 1 is 0.604 bits per heavy atom. The average molecular weight is 669 g/mol. The highest BCUT2D eigenvalue weighted by Crippen LogP contribution is 2.34. The van der Waals surface area contributed by atoms with Crippen LogP contribution in [0.5, 0.6) is 11.5 Å². The van der Waals surface area contributed by atoms with Crippen LogP contribution in [0.3, 0.4) is 0 Å². The molecular formula is C38H32N6O2S2. The molecule has 0 fully saturated rings. The molecule has 0 radical (unpaired) electrons. The van der Waals surface area contributed by atoms with Crippen LogP contribution in [0, 0.1) is 20.8 Å². The number of nitrogens with zero attached hydrogens (tertiary/aromatic N) is 6. The number of pyridine rings is 2. The molecule has 10 heteroatoms. The van der Waals surface area contributed by atoms with E-state index in [0.29, 0.717) is 6.79 Å². The standard InChI is InChI=1S/C19H15N3O2S.C19H17N3S/c1-12-19(22-7-3-2-4-17(22)20-12)14-10-25-18(21-14)9-13-5-6-15-16(8-13)24-11-23-15;1-13-6-8-15(9-7-13)11-18-21-16(12-23-18)19-14(2)20-17-5-3-4-10-22(17)19/h2-8,10H,9,11H2,1H3;3-10,12H,11H2,1-2H3. The highest BCUT2D eigenvalue weighted by molar-refractivity contribution is 7.10. The van der Waals surface area contributed by atoms with E-state index in [0.717, 1.165) is 79.8 Å². The van der Waals surface area contributed by atoms with E-state index in [9.17, 15) is 0 Å². The minimum absolute atomic E-state index is 0.299. The van der Waals surface area contributed by atoms with Gasteiger partial charge in [0.1, 0.15) is 22.7 Å². The summed E-state index contributed by atoms with van der Waals surface area (Å²) >= 11 is 3.38. The predicted molar refractivity (Wildman–Crippen MR) is 191 cm³/mol. The van der Waals surface area contributed by atoms with Crippen molar-refractivity contribution in [2.45, 2.75) is 33.6 Å². The van der Waals surface area contributed by atoms with E-state index in [4.69, 9.17) is 19.4 Å². The van der Waals surface area contributed by atoms with E-state index in [1.165, 1.54) is 16.7 Å². The maximum atomic E-state index is 5.45. The number of rotatable bonds is 6. The normalized spacial score (nSPS) is 12.1. The summed E-state index contributed by atoms with van der Waals surface area (Å²) in [6.45, 7) is 6.48. The summed E-state index contributed by atoms with van der Waals surface area (Å²) in [7, 11) is 0. The predicted octanol–water partition coefficient (Wildman–Crippen LogP) is 8.75. The summed E-state index contributed by atoms with van der Waals surface area (Å²) in [6, 6.07) is 26.8. The molecular weight excluding hydrogens is 637 g/mol. The number of hydrogen-bond donors (Lipinski definition) is 0. The molecule has 1 aliphatic rings. The number of fused-ring (bicyclic) bond motifs is 3. The van der Waals surface area contributed by atoms with Gasteiger partial charge in [-0.3, -0.25) is 8.80 Å². The number of ether oxygens (including phenoxy) is 2.